The van der Waals surface area contributed by atoms with Crippen molar-refractivity contribution in [1.29, 1.82) is 0 Å². The van der Waals surface area contributed by atoms with Crippen molar-refractivity contribution >= 4 is 33.4 Å². The minimum Gasteiger partial charge on any atom is -0.286 e. The third-order valence-electron chi connectivity index (χ3n) is 9.09. The molecular weight excluding hydrogens is 657 g/mol. The second-order valence-corrected chi connectivity index (χ2v) is 14.4. The third-order valence-corrected chi connectivity index (χ3v) is 9.81. The van der Waals surface area contributed by atoms with Gasteiger partial charge in [0.05, 0.1) is 5.75 Å². The highest BCUT2D eigenvalue weighted by atomic mass is 32.2. The zero-order chi connectivity index (χ0) is 35.8. The number of hydrogen-bond acceptors (Lipinski definition) is 2. The second kappa shape index (κ2) is 15.9. The first-order valence-electron chi connectivity index (χ1n) is 17.3. The molecule has 254 valence electrons. The molecule has 0 radical (unpaired) electrons. The van der Waals surface area contributed by atoms with Crippen LogP contribution in [-0.4, -0.2) is 18.7 Å². The first-order valence-corrected chi connectivity index (χ1v) is 18.9. The zero-order valence-corrected chi connectivity index (χ0v) is 29.5. The molecule has 0 saturated heterocycles. The average molecular weight is 695 g/mol. The van der Waals surface area contributed by atoms with E-state index in [1.165, 1.54) is 0 Å². The quantitative estimate of drug-likeness (QED) is 0.108. The Morgan fingerprint density at radius 1 is 0.423 bits per heavy atom. The summed E-state index contributed by atoms with van der Waals surface area (Å²) in [6.45, 7) is 0. The largest absolute Gasteiger partial charge is 0.286 e. The lowest BCUT2D eigenvalue weighted by Gasteiger charge is -2.12. The molecule has 0 aliphatic rings. The van der Waals surface area contributed by atoms with Gasteiger partial charge in [-0.3, -0.25) is 4.55 Å². The molecule has 0 aliphatic carbocycles. The first-order chi connectivity index (χ1) is 25.4. The maximum absolute atomic E-state index is 11.7. The smallest absolute Gasteiger partial charge is 0.265 e. The van der Waals surface area contributed by atoms with Crippen LogP contribution in [0.3, 0.4) is 0 Å². The Morgan fingerprint density at radius 3 is 1.06 bits per heavy atom. The molecule has 0 heterocycles. The van der Waals surface area contributed by atoms with Crippen molar-refractivity contribution in [3.8, 4) is 22.3 Å². The van der Waals surface area contributed by atoms with E-state index in [0.717, 1.165) is 72.3 Å². The van der Waals surface area contributed by atoms with Crippen molar-refractivity contribution in [2.45, 2.75) is 6.42 Å². The predicted molar refractivity (Wildman–Crippen MR) is 217 cm³/mol. The lowest BCUT2D eigenvalue weighted by atomic mass is 9.92. The molecule has 52 heavy (non-hydrogen) atoms. The summed E-state index contributed by atoms with van der Waals surface area (Å²) in [6, 6.07) is 64.6. The van der Waals surface area contributed by atoms with Crippen LogP contribution in [0.2, 0.25) is 0 Å². The summed E-state index contributed by atoms with van der Waals surface area (Å²) >= 11 is 0. The maximum Gasteiger partial charge on any atom is 0.265 e. The topological polar surface area (TPSA) is 54.4 Å². The normalized spacial score (nSPS) is 11.1. The molecule has 0 aromatic heterocycles. The molecule has 7 aromatic rings. The Bertz CT molecular complexity index is 2180. The molecular formula is C48H38O3S. The molecule has 1 N–H and O–H groups in total. The van der Waals surface area contributed by atoms with Crippen molar-refractivity contribution in [2.75, 3.05) is 5.75 Å². The molecule has 0 bridgehead atoms. The van der Waals surface area contributed by atoms with Crippen LogP contribution >= 0.6 is 0 Å². The van der Waals surface area contributed by atoms with E-state index in [1.807, 2.05) is 36.4 Å². The van der Waals surface area contributed by atoms with Gasteiger partial charge >= 0.3 is 0 Å². The summed E-state index contributed by atoms with van der Waals surface area (Å²) < 4.78 is 33.0. The number of aryl methyl sites for hydroxylation is 1. The van der Waals surface area contributed by atoms with Gasteiger partial charge in [-0.2, -0.15) is 8.42 Å². The fourth-order valence-electron chi connectivity index (χ4n) is 6.43. The van der Waals surface area contributed by atoms with Gasteiger partial charge in [-0.25, -0.2) is 0 Å². The van der Waals surface area contributed by atoms with Gasteiger partial charge in [0.25, 0.3) is 10.1 Å². The molecule has 0 fully saturated rings. The highest BCUT2D eigenvalue weighted by molar-refractivity contribution is 7.85. The van der Waals surface area contributed by atoms with Crippen molar-refractivity contribution in [2.24, 2.45) is 0 Å². The minimum absolute atomic E-state index is 0.205. The molecule has 0 unspecified atom stereocenters. The van der Waals surface area contributed by atoms with Crippen LogP contribution in [0.4, 0.5) is 0 Å². The SMILES string of the molecule is O=S(=O)(O)CCc1cc(-c2ccc(C=C(c3ccccc3)c3ccccc3)cc2)cc(-c2ccc(C=C(c3ccccc3)c3ccccc3)cc2)c1. The van der Waals surface area contributed by atoms with Crippen molar-refractivity contribution < 1.29 is 13.0 Å². The van der Waals surface area contributed by atoms with Gasteiger partial charge in [0.15, 0.2) is 0 Å². The van der Waals surface area contributed by atoms with Gasteiger partial charge in [0.1, 0.15) is 0 Å². The van der Waals surface area contributed by atoms with Gasteiger partial charge in [-0.05, 0) is 97.0 Å². The van der Waals surface area contributed by atoms with Crippen LogP contribution in [0.1, 0.15) is 38.9 Å². The van der Waals surface area contributed by atoms with Crippen molar-refractivity contribution in [3.05, 3.63) is 227 Å². The van der Waals surface area contributed by atoms with Crippen LogP contribution in [-0.2, 0) is 16.5 Å². The Balaban J connectivity index is 1.22. The molecule has 7 aromatic carbocycles. The van der Waals surface area contributed by atoms with Crippen LogP contribution in [0.25, 0.3) is 45.6 Å². The Morgan fingerprint density at radius 2 is 0.750 bits per heavy atom. The molecule has 7 rings (SSSR count). The molecule has 4 heteroatoms. The molecule has 0 saturated carbocycles. The monoisotopic (exact) mass is 694 g/mol. The Hall–Kier alpha value is -6.07. The van der Waals surface area contributed by atoms with Crippen molar-refractivity contribution in [3.63, 3.8) is 0 Å². The molecule has 0 aliphatic heterocycles. The van der Waals surface area contributed by atoms with Gasteiger partial charge in [-0.1, -0.05) is 182 Å². The summed E-state index contributed by atoms with van der Waals surface area (Å²) in [6.07, 6.45) is 4.62. The van der Waals surface area contributed by atoms with E-state index in [9.17, 15) is 13.0 Å². The molecule has 0 spiro atoms. The van der Waals surface area contributed by atoms with Crippen LogP contribution in [0.5, 0.6) is 0 Å². The molecule has 0 amide bonds. The zero-order valence-electron chi connectivity index (χ0n) is 28.6. The average Bonchev–Trinajstić information content (AvgIpc) is 3.19. The van der Waals surface area contributed by atoms with Gasteiger partial charge in [-0.15, -0.1) is 0 Å². The maximum atomic E-state index is 11.7. The number of benzene rings is 7. The van der Waals surface area contributed by atoms with Crippen molar-refractivity contribution in [1.82, 2.24) is 0 Å². The van der Waals surface area contributed by atoms with Crippen LogP contribution in [0, 0.1) is 0 Å². The summed E-state index contributed by atoms with van der Waals surface area (Å²) in [5.74, 6) is -0.340. The Labute approximate surface area is 306 Å². The number of rotatable bonds is 11. The lowest BCUT2D eigenvalue weighted by molar-refractivity contribution is 0.482. The van der Waals surface area contributed by atoms with Gasteiger partial charge < -0.3 is 0 Å². The van der Waals surface area contributed by atoms with E-state index in [0.29, 0.717) is 0 Å². The van der Waals surface area contributed by atoms with Gasteiger partial charge in [0, 0.05) is 0 Å². The molecule has 0 atom stereocenters. The summed E-state index contributed by atoms with van der Waals surface area (Å²) in [7, 11) is -4.12. The number of hydrogen-bond donors (Lipinski definition) is 1. The highest BCUT2D eigenvalue weighted by Crippen LogP contribution is 2.32. The minimum atomic E-state index is -4.12. The fourth-order valence-corrected chi connectivity index (χ4v) is 6.92. The van der Waals surface area contributed by atoms with E-state index < -0.39 is 10.1 Å². The van der Waals surface area contributed by atoms with E-state index in [4.69, 9.17) is 0 Å². The van der Waals surface area contributed by atoms with E-state index in [2.05, 4.69) is 164 Å². The first kappa shape index (κ1) is 34.4. The van der Waals surface area contributed by atoms with Gasteiger partial charge in [0.2, 0.25) is 0 Å². The molecule has 3 nitrogen and oxygen atoms in total. The highest BCUT2D eigenvalue weighted by Gasteiger charge is 2.11. The fraction of sp³-hybridized carbons (Fsp3) is 0.0417. The lowest BCUT2D eigenvalue weighted by Crippen LogP contribution is -2.06. The Kier molecular flexibility index (Phi) is 10.5. The summed E-state index contributed by atoms with van der Waals surface area (Å²) in [5, 5.41) is 0. The van der Waals surface area contributed by atoms with Crippen LogP contribution in [0.15, 0.2) is 188 Å². The summed E-state index contributed by atoms with van der Waals surface area (Å²) in [5.41, 5.74) is 13.8. The second-order valence-electron chi connectivity index (χ2n) is 12.8. The third kappa shape index (κ3) is 8.80. The standard InChI is InChI=1S/C48H38O3S/c49-52(50,51)30-29-38-31-45(39-25-21-36(22-26-39)33-47(41-13-5-1-6-14-41)42-15-7-2-8-16-42)35-46(32-38)40-27-23-37(24-28-40)34-48(43-17-9-3-10-18-43)44-19-11-4-12-20-44/h1-28,31-35H,29-30H2,(H,49,50,51). The van der Waals surface area contributed by atoms with E-state index >= 15 is 0 Å². The summed E-state index contributed by atoms with van der Waals surface area (Å²) in [4.78, 5) is 0. The van der Waals surface area contributed by atoms with E-state index in [-0.39, 0.29) is 12.2 Å². The van der Waals surface area contributed by atoms with Crippen LogP contribution < -0.4 is 0 Å². The predicted octanol–water partition coefficient (Wildman–Crippen LogP) is 11.6. The van der Waals surface area contributed by atoms with E-state index in [1.54, 1.807) is 0 Å².